The molecule has 5 rings (SSSR count). The van der Waals surface area contributed by atoms with Gasteiger partial charge in [-0.2, -0.15) is 5.10 Å². The summed E-state index contributed by atoms with van der Waals surface area (Å²) in [6.45, 7) is 2.86. The molecule has 0 atom stereocenters. The molecule has 4 aromatic heterocycles. The molecule has 0 amide bonds. The van der Waals surface area contributed by atoms with E-state index in [1.54, 1.807) is 4.52 Å². The largest absolute Gasteiger partial charge is 0.339 e. The number of imidazole rings is 1. The van der Waals surface area contributed by atoms with E-state index in [4.69, 9.17) is 4.98 Å². The predicted molar refractivity (Wildman–Crippen MR) is 133 cm³/mol. The lowest BCUT2D eigenvalue weighted by molar-refractivity contribution is 0.477. The van der Waals surface area contributed by atoms with Crippen LogP contribution < -0.4 is 0 Å². The first-order chi connectivity index (χ1) is 16.5. The number of fused-ring (bicyclic) bond motifs is 1. The number of nitrogens with zero attached hydrogens (tertiary/aromatic N) is 6. The molecule has 0 spiro atoms. The SMILES string of the molecule is Cc1cccc(-c2[nH]c(CN(I)CCc3c(F)cccc3F)nc2-c2ccc3ncnn3c2)n1. The van der Waals surface area contributed by atoms with Crippen LogP contribution in [0.1, 0.15) is 17.1 Å². The molecule has 0 aliphatic rings. The average Bonchev–Trinajstić information content (AvgIpc) is 3.45. The number of benzene rings is 1. The van der Waals surface area contributed by atoms with Crippen LogP contribution in [0.15, 0.2) is 61.1 Å². The van der Waals surface area contributed by atoms with Gasteiger partial charge in [-0.15, -0.1) is 0 Å². The molecule has 0 bridgehead atoms. The summed E-state index contributed by atoms with van der Waals surface area (Å²) in [5, 5.41) is 4.23. The minimum absolute atomic E-state index is 0.0927. The van der Waals surface area contributed by atoms with E-state index in [1.807, 2.05) is 46.6 Å². The normalized spacial score (nSPS) is 11.6. The molecule has 0 unspecified atom stereocenters. The maximum Gasteiger partial charge on any atom is 0.155 e. The molecule has 0 saturated heterocycles. The number of pyridine rings is 2. The molecular weight excluding hydrogens is 551 g/mol. The second kappa shape index (κ2) is 9.55. The Balaban J connectivity index is 1.44. The van der Waals surface area contributed by atoms with Crippen molar-refractivity contribution in [3.8, 4) is 22.6 Å². The highest BCUT2D eigenvalue weighted by atomic mass is 127. The number of halogens is 3. The first-order valence-corrected chi connectivity index (χ1v) is 11.6. The van der Waals surface area contributed by atoms with Gasteiger partial charge in [-0.05, 0) is 49.7 Å². The van der Waals surface area contributed by atoms with Gasteiger partial charge in [0.2, 0.25) is 0 Å². The molecule has 10 heteroatoms. The van der Waals surface area contributed by atoms with Gasteiger partial charge < -0.3 is 4.98 Å². The third-order valence-electron chi connectivity index (χ3n) is 5.43. The minimum atomic E-state index is -0.526. The summed E-state index contributed by atoms with van der Waals surface area (Å²) < 4.78 is 31.6. The zero-order valence-corrected chi connectivity index (χ0v) is 20.4. The Morgan fingerprint density at radius 3 is 2.62 bits per heavy atom. The first kappa shape index (κ1) is 22.5. The maximum atomic E-state index is 14.0. The summed E-state index contributed by atoms with van der Waals surface area (Å²) in [5.74, 6) is -0.335. The van der Waals surface area contributed by atoms with Crippen LogP contribution in [-0.4, -0.2) is 39.2 Å². The second-order valence-corrected chi connectivity index (χ2v) is 9.21. The Kier molecular flexibility index (Phi) is 6.33. The number of nitrogens with one attached hydrogen (secondary N) is 1. The van der Waals surface area contributed by atoms with E-state index >= 15 is 0 Å². The maximum absolute atomic E-state index is 14.0. The molecular formula is C24H20F2IN7. The summed E-state index contributed by atoms with van der Waals surface area (Å²) in [4.78, 5) is 17.1. The zero-order valence-electron chi connectivity index (χ0n) is 18.2. The van der Waals surface area contributed by atoms with Crippen LogP contribution >= 0.6 is 22.9 Å². The van der Waals surface area contributed by atoms with E-state index < -0.39 is 11.6 Å². The molecule has 7 nitrogen and oxygen atoms in total. The molecule has 172 valence electrons. The molecule has 34 heavy (non-hydrogen) atoms. The van der Waals surface area contributed by atoms with Gasteiger partial charge in [0.05, 0.1) is 23.6 Å². The van der Waals surface area contributed by atoms with Crippen molar-refractivity contribution >= 4 is 28.5 Å². The summed E-state index contributed by atoms with van der Waals surface area (Å²) in [6.07, 6.45) is 3.64. The summed E-state index contributed by atoms with van der Waals surface area (Å²) >= 11 is 2.15. The highest BCUT2D eigenvalue weighted by Gasteiger charge is 2.18. The zero-order chi connectivity index (χ0) is 23.7. The van der Waals surface area contributed by atoms with Crippen molar-refractivity contribution in [2.75, 3.05) is 6.54 Å². The Hall–Kier alpha value is -3.25. The number of rotatable bonds is 7. The smallest absolute Gasteiger partial charge is 0.155 e. The van der Waals surface area contributed by atoms with Crippen molar-refractivity contribution in [3.63, 3.8) is 0 Å². The van der Waals surface area contributed by atoms with Gasteiger partial charge in [-0.3, -0.25) is 4.98 Å². The van der Waals surface area contributed by atoms with Crippen molar-refractivity contribution in [1.29, 1.82) is 0 Å². The van der Waals surface area contributed by atoms with E-state index in [0.717, 1.165) is 39.8 Å². The van der Waals surface area contributed by atoms with E-state index in [-0.39, 0.29) is 12.0 Å². The molecule has 0 aliphatic carbocycles. The van der Waals surface area contributed by atoms with Gasteiger partial charge in [-0.1, -0.05) is 12.1 Å². The topological polar surface area (TPSA) is 75.0 Å². The van der Waals surface area contributed by atoms with Gasteiger partial charge in [0.15, 0.2) is 5.65 Å². The number of hydrogen-bond donors (Lipinski definition) is 1. The Morgan fingerprint density at radius 1 is 1.03 bits per heavy atom. The van der Waals surface area contributed by atoms with Gasteiger partial charge in [-0.25, -0.2) is 26.4 Å². The fourth-order valence-electron chi connectivity index (χ4n) is 3.78. The summed E-state index contributed by atoms with van der Waals surface area (Å²) in [5.41, 5.74) is 4.92. The molecule has 0 saturated carbocycles. The van der Waals surface area contributed by atoms with Crippen LogP contribution in [0.25, 0.3) is 28.3 Å². The minimum Gasteiger partial charge on any atom is -0.339 e. The van der Waals surface area contributed by atoms with E-state index in [1.165, 1.54) is 24.5 Å². The Morgan fingerprint density at radius 2 is 1.82 bits per heavy atom. The summed E-state index contributed by atoms with van der Waals surface area (Å²) in [6, 6.07) is 13.6. The van der Waals surface area contributed by atoms with Crippen molar-refractivity contribution in [3.05, 3.63) is 89.8 Å². The summed E-state index contributed by atoms with van der Waals surface area (Å²) in [7, 11) is 0. The molecule has 0 radical (unpaired) electrons. The van der Waals surface area contributed by atoms with Crippen LogP contribution in [0.5, 0.6) is 0 Å². The highest BCUT2D eigenvalue weighted by molar-refractivity contribution is 14.1. The van der Waals surface area contributed by atoms with E-state index in [9.17, 15) is 8.78 Å². The number of aromatic amines is 1. The number of aryl methyl sites for hydroxylation is 1. The standard InChI is InChI=1S/C24H20F2IN7/c1-15-4-2-7-20(30-15)24-23(16-8-9-22-28-14-29-34(22)12-16)31-21(32-24)13-33(27)11-10-17-18(25)5-3-6-19(17)26/h2-9,12,14H,10-11,13H2,1H3,(H,31,32). The number of aromatic nitrogens is 6. The fourth-order valence-corrected chi connectivity index (χ4v) is 4.34. The highest BCUT2D eigenvalue weighted by Crippen LogP contribution is 2.30. The first-order valence-electron chi connectivity index (χ1n) is 10.6. The Labute approximate surface area is 208 Å². The Bertz CT molecular complexity index is 1440. The lowest BCUT2D eigenvalue weighted by Crippen LogP contribution is -2.16. The van der Waals surface area contributed by atoms with Crippen LogP contribution in [0.4, 0.5) is 8.78 Å². The molecule has 1 N–H and O–H groups in total. The molecule has 0 fully saturated rings. The number of hydrogen-bond acceptors (Lipinski definition) is 5. The van der Waals surface area contributed by atoms with Crippen LogP contribution in [-0.2, 0) is 13.0 Å². The van der Waals surface area contributed by atoms with Gasteiger partial charge in [0.1, 0.15) is 23.8 Å². The van der Waals surface area contributed by atoms with Crippen molar-refractivity contribution in [1.82, 2.24) is 32.7 Å². The van der Waals surface area contributed by atoms with Gasteiger partial charge in [0.25, 0.3) is 0 Å². The number of H-pyrrole nitrogens is 1. The van der Waals surface area contributed by atoms with Gasteiger partial charge >= 0.3 is 0 Å². The van der Waals surface area contributed by atoms with Crippen molar-refractivity contribution < 1.29 is 8.78 Å². The molecule has 5 aromatic rings. The van der Waals surface area contributed by atoms with Gasteiger partial charge in [0, 0.05) is 52.4 Å². The predicted octanol–water partition coefficient (Wildman–Crippen LogP) is 5.16. The quantitative estimate of drug-likeness (QED) is 0.216. The van der Waals surface area contributed by atoms with Crippen molar-refractivity contribution in [2.45, 2.75) is 19.9 Å². The lowest BCUT2D eigenvalue weighted by atomic mass is 10.1. The third-order valence-corrected chi connectivity index (χ3v) is 6.26. The monoisotopic (exact) mass is 571 g/mol. The van der Waals surface area contributed by atoms with Crippen LogP contribution in [0, 0.1) is 18.6 Å². The van der Waals surface area contributed by atoms with Crippen LogP contribution in [0.3, 0.4) is 0 Å². The molecule has 0 aliphatic heterocycles. The lowest BCUT2D eigenvalue weighted by Gasteiger charge is -2.13. The van der Waals surface area contributed by atoms with Crippen molar-refractivity contribution in [2.24, 2.45) is 0 Å². The third kappa shape index (κ3) is 4.68. The molecule has 1 aromatic carbocycles. The average molecular weight is 571 g/mol. The molecule has 4 heterocycles. The van der Waals surface area contributed by atoms with Crippen LogP contribution in [0.2, 0.25) is 0 Å². The van der Waals surface area contributed by atoms with E-state index in [2.05, 4.69) is 42.9 Å². The van der Waals surface area contributed by atoms with E-state index in [0.29, 0.717) is 13.1 Å². The fraction of sp³-hybridized carbons (Fsp3) is 0.167. The second-order valence-electron chi connectivity index (χ2n) is 7.85.